The van der Waals surface area contributed by atoms with Gasteiger partial charge in [0.25, 0.3) is 0 Å². The molecular weight excluding hydrogens is 365 g/mol. The second kappa shape index (κ2) is 8.65. The Morgan fingerprint density at radius 3 is 2.26 bits per heavy atom. The first-order valence-electron chi connectivity index (χ1n) is 9.28. The Labute approximate surface area is 159 Å². The summed E-state index contributed by atoms with van der Waals surface area (Å²) in [6.45, 7) is 0.907. The standard InChI is InChI=1S/C21H24FNO3S/c22-18-9-11-19(12-10-18)27(25,26)20-13-15-23(16-14-20)21(24)8-4-7-17-5-2-1-3-6-17/h1-3,5-6,9-12,20H,4,7-8,13-16H2. The quantitative estimate of drug-likeness (QED) is 0.709. The van der Waals surface area contributed by atoms with Gasteiger partial charge < -0.3 is 4.90 Å². The lowest BCUT2D eigenvalue weighted by Gasteiger charge is -2.32. The highest BCUT2D eigenvalue weighted by Crippen LogP contribution is 2.25. The molecule has 1 aliphatic rings. The lowest BCUT2D eigenvalue weighted by atomic mass is 10.1. The zero-order chi connectivity index (χ0) is 19.3. The van der Waals surface area contributed by atoms with Gasteiger partial charge in [0.1, 0.15) is 5.82 Å². The summed E-state index contributed by atoms with van der Waals surface area (Å²) in [6, 6.07) is 15.0. The zero-order valence-electron chi connectivity index (χ0n) is 15.2. The maximum absolute atomic E-state index is 13.0. The summed E-state index contributed by atoms with van der Waals surface area (Å²) >= 11 is 0. The molecular formula is C21H24FNO3S. The Balaban J connectivity index is 1.49. The molecule has 1 heterocycles. The predicted octanol–water partition coefficient (Wildman–Crippen LogP) is 3.61. The largest absolute Gasteiger partial charge is 0.343 e. The summed E-state index contributed by atoms with van der Waals surface area (Å²) in [4.78, 5) is 14.3. The van der Waals surface area contributed by atoms with Gasteiger partial charge in [-0.15, -0.1) is 0 Å². The van der Waals surface area contributed by atoms with Crippen molar-refractivity contribution in [1.82, 2.24) is 4.90 Å². The highest BCUT2D eigenvalue weighted by atomic mass is 32.2. The molecule has 27 heavy (non-hydrogen) atoms. The summed E-state index contributed by atoms with van der Waals surface area (Å²) in [6.07, 6.45) is 2.97. The van der Waals surface area contributed by atoms with Crippen LogP contribution in [-0.4, -0.2) is 37.6 Å². The molecule has 0 aromatic heterocycles. The van der Waals surface area contributed by atoms with Gasteiger partial charge >= 0.3 is 0 Å². The lowest BCUT2D eigenvalue weighted by molar-refractivity contribution is -0.132. The molecule has 0 atom stereocenters. The van der Waals surface area contributed by atoms with Crippen molar-refractivity contribution < 1.29 is 17.6 Å². The molecule has 0 radical (unpaired) electrons. The van der Waals surface area contributed by atoms with Crippen LogP contribution in [0.1, 0.15) is 31.2 Å². The number of carbonyl (C=O) groups is 1. The first kappa shape index (κ1) is 19.5. The SMILES string of the molecule is O=C(CCCc1ccccc1)N1CCC(S(=O)(=O)c2ccc(F)cc2)CC1. The molecule has 1 saturated heterocycles. The monoisotopic (exact) mass is 389 g/mol. The number of likely N-dealkylation sites (tertiary alicyclic amines) is 1. The van der Waals surface area contributed by atoms with Crippen LogP contribution in [-0.2, 0) is 21.1 Å². The Bertz CT molecular complexity index is 858. The van der Waals surface area contributed by atoms with E-state index in [4.69, 9.17) is 0 Å². The molecule has 0 aliphatic carbocycles. The number of halogens is 1. The van der Waals surface area contributed by atoms with Crippen LogP contribution >= 0.6 is 0 Å². The van der Waals surface area contributed by atoms with Crippen LogP contribution < -0.4 is 0 Å². The fraction of sp³-hybridized carbons (Fsp3) is 0.381. The van der Waals surface area contributed by atoms with E-state index in [1.165, 1.54) is 17.7 Å². The fourth-order valence-corrected chi connectivity index (χ4v) is 5.21. The third-order valence-corrected chi connectivity index (χ3v) is 7.35. The van der Waals surface area contributed by atoms with Crippen LogP contribution in [0.3, 0.4) is 0 Å². The highest BCUT2D eigenvalue weighted by Gasteiger charge is 2.32. The van der Waals surface area contributed by atoms with Gasteiger partial charge in [-0.3, -0.25) is 4.79 Å². The average Bonchev–Trinajstić information content (AvgIpc) is 2.69. The van der Waals surface area contributed by atoms with Crippen molar-refractivity contribution in [2.45, 2.75) is 42.2 Å². The molecule has 2 aromatic carbocycles. The number of carbonyl (C=O) groups excluding carboxylic acids is 1. The van der Waals surface area contributed by atoms with Gasteiger partial charge in [0.05, 0.1) is 10.1 Å². The molecule has 144 valence electrons. The molecule has 4 nitrogen and oxygen atoms in total. The second-order valence-corrected chi connectivity index (χ2v) is 9.15. The van der Waals surface area contributed by atoms with Gasteiger partial charge in [0.2, 0.25) is 5.91 Å². The predicted molar refractivity (Wildman–Crippen MR) is 103 cm³/mol. The van der Waals surface area contributed by atoms with Crippen LogP contribution in [0.2, 0.25) is 0 Å². The van der Waals surface area contributed by atoms with Crippen LogP contribution in [0.5, 0.6) is 0 Å². The summed E-state index contributed by atoms with van der Waals surface area (Å²) in [5.41, 5.74) is 1.22. The molecule has 1 aliphatic heterocycles. The van der Waals surface area contributed by atoms with Crippen molar-refractivity contribution in [3.8, 4) is 0 Å². The minimum absolute atomic E-state index is 0.0866. The molecule has 1 amide bonds. The van der Waals surface area contributed by atoms with Crippen LogP contribution in [0.4, 0.5) is 4.39 Å². The summed E-state index contributed by atoms with van der Waals surface area (Å²) in [5.74, 6) is -0.367. The van der Waals surface area contributed by atoms with E-state index in [1.807, 2.05) is 18.2 Å². The maximum Gasteiger partial charge on any atom is 0.222 e. The van der Waals surface area contributed by atoms with E-state index in [9.17, 15) is 17.6 Å². The molecule has 0 N–H and O–H groups in total. The minimum atomic E-state index is -3.49. The van der Waals surface area contributed by atoms with Crippen molar-refractivity contribution in [2.24, 2.45) is 0 Å². The first-order chi connectivity index (χ1) is 13.0. The van der Waals surface area contributed by atoms with E-state index in [0.29, 0.717) is 32.4 Å². The van der Waals surface area contributed by atoms with Gasteiger partial charge in [-0.05, 0) is 55.5 Å². The van der Waals surface area contributed by atoms with E-state index in [2.05, 4.69) is 12.1 Å². The number of amides is 1. The van der Waals surface area contributed by atoms with Crippen molar-refractivity contribution in [1.29, 1.82) is 0 Å². The smallest absolute Gasteiger partial charge is 0.222 e. The summed E-state index contributed by atoms with van der Waals surface area (Å²) in [5, 5.41) is -0.517. The van der Waals surface area contributed by atoms with Crippen molar-refractivity contribution in [2.75, 3.05) is 13.1 Å². The van der Waals surface area contributed by atoms with Crippen LogP contribution in [0.15, 0.2) is 59.5 Å². The molecule has 0 spiro atoms. The molecule has 1 fully saturated rings. The number of hydrogen-bond donors (Lipinski definition) is 0. The molecule has 0 unspecified atom stereocenters. The Kier molecular flexibility index (Phi) is 6.26. The van der Waals surface area contributed by atoms with Crippen molar-refractivity contribution >= 4 is 15.7 Å². The topological polar surface area (TPSA) is 54.5 Å². The van der Waals surface area contributed by atoms with Crippen molar-refractivity contribution in [3.05, 3.63) is 66.0 Å². The van der Waals surface area contributed by atoms with Gasteiger partial charge in [0, 0.05) is 19.5 Å². The Morgan fingerprint density at radius 1 is 1.00 bits per heavy atom. The number of piperidine rings is 1. The van der Waals surface area contributed by atoms with Crippen molar-refractivity contribution in [3.63, 3.8) is 0 Å². The molecule has 6 heteroatoms. The molecule has 3 rings (SSSR count). The number of aryl methyl sites for hydroxylation is 1. The van der Waals surface area contributed by atoms with Crippen LogP contribution in [0, 0.1) is 5.82 Å². The van der Waals surface area contributed by atoms with Gasteiger partial charge in [0.15, 0.2) is 9.84 Å². The lowest BCUT2D eigenvalue weighted by Crippen LogP contribution is -2.42. The molecule has 0 bridgehead atoms. The number of sulfone groups is 1. The fourth-order valence-electron chi connectivity index (χ4n) is 3.48. The third-order valence-electron chi connectivity index (χ3n) is 5.07. The third kappa shape index (κ3) is 4.95. The van der Waals surface area contributed by atoms with Crippen LogP contribution in [0.25, 0.3) is 0 Å². The first-order valence-corrected chi connectivity index (χ1v) is 10.8. The Hall–Kier alpha value is -2.21. The number of hydrogen-bond acceptors (Lipinski definition) is 3. The second-order valence-electron chi connectivity index (χ2n) is 6.92. The molecule has 0 saturated carbocycles. The number of rotatable bonds is 6. The average molecular weight is 389 g/mol. The number of nitrogens with zero attached hydrogens (tertiary/aromatic N) is 1. The van der Waals surface area contributed by atoms with Gasteiger partial charge in [-0.1, -0.05) is 30.3 Å². The van der Waals surface area contributed by atoms with Gasteiger partial charge in [-0.2, -0.15) is 0 Å². The van der Waals surface area contributed by atoms with Gasteiger partial charge in [-0.25, -0.2) is 12.8 Å². The Morgan fingerprint density at radius 2 is 1.63 bits per heavy atom. The van der Waals surface area contributed by atoms with E-state index in [1.54, 1.807) is 4.90 Å². The summed E-state index contributed by atoms with van der Waals surface area (Å²) < 4.78 is 38.4. The number of benzene rings is 2. The van der Waals surface area contributed by atoms with E-state index < -0.39 is 20.9 Å². The van der Waals surface area contributed by atoms with E-state index in [-0.39, 0.29) is 10.8 Å². The minimum Gasteiger partial charge on any atom is -0.343 e. The maximum atomic E-state index is 13.0. The normalized spacial score (nSPS) is 15.7. The zero-order valence-corrected chi connectivity index (χ0v) is 16.0. The highest BCUT2D eigenvalue weighted by molar-refractivity contribution is 7.92. The summed E-state index contributed by atoms with van der Waals surface area (Å²) in [7, 11) is -3.49. The van der Waals surface area contributed by atoms with E-state index in [0.717, 1.165) is 25.0 Å². The van der Waals surface area contributed by atoms with E-state index >= 15 is 0 Å². The molecule has 2 aromatic rings.